The van der Waals surface area contributed by atoms with Gasteiger partial charge in [0.15, 0.2) is 11.5 Å². The molecule has 2 aromatic carbocycles. The smallest absolute Gasteiger partial charge is 0.328 e. The lowest BCUT2D eigenvalue weighted by Gasteiger charge is -2.38. The zero-order chi connectivity index (χ0) is 37.9. The fourth-order valence-corrected chi connectivity index (χ4v) is 8.91. The number of carbonyl (C=O) groups excluding carboxylic acids is 3. The van der Waals surface area contributed by atoms with Crippen LogP contribution in [0.5, 0.6) is 5.75 Å². The second kappa shape index (κ2) is 16.3. The number of aromatic nitrogens is 3. The standard InChI is InChI=1S/C41H46ClN9O4/c42-34-24-32(11-6-28(34)25-43)55-31-12-7-29(8-13-31)44-40(53)35-14-15-38(47-46-35)49-22-20-48(21-23-49)26-27-4-9-30(10-5-27)50-18-16-33-36(50)2-1-3-37(33)51-19-17-39(52)45-41(51)54/h1-3,6,11,14-16,18,24,27,29-31H,4-5,7-10,12-13,17,19-23,26H2,(H,44,53)(H,45,52,54)/t27-,29-,30-,31-. The number of piperazine rings is 1. The normalized spacial score (nSPS) is 23.6. The van der Waals surface area contributed by atoms with Gasteiger partial charge >= 0.3 is 6.03 Å². The quantitative estimate of drug-likeness (QED) is 0.207. The van der Waals surface area contributed by atoms with E-state index in [0.717, 1.165) is 93.7 Å². The number of amides is 4. The predicted molar refractivity (Wildman–Crippen MR) is 209 cm³/mol. The van der Waals surface area contributed by atoms with Crippen LogP contribution in [0.4, 0.5) is 16.3 Å². The Balaban J connectivity index is 0.760. The maximum Gasteiger partial charge on any atom is 0.328 e. The van der Waals surface area contributed by atoms with Crippen molar-refractivity contribution in [3.05, 3.63) is 77.1 Å². The SMILES string of the molecule is N#Cc1ccc(O[C@H]2CC[C@H](NC(=O)c3ccc(N4CCN(C[C@H]5CC[C@H](n6ccc7c(N8CCC(=O)NC8=O)cccc76)CC5)CC4)nn3)CC2)cc1Cl. The molecule has 4 fully saturated rings. The van der Waals surface area contributed by atoms with E-state index in [9.17, 15) is 14.4 Å². The van der Waals surface area contributed by atoms with Crippen molar-refractivity contribution < 1.29 is 19.1 Å². The molecule has 0 unspecified atom stereocenters. The van der Waals surface area contributed by atoms with E-state index < -0.39 is 0 Å². The summed E-state index contributed by atoms with van der Waals surface area (Å²) in [5.41, 5.74) is 2.74. The molecular formula is C41H46ClN9O4. The van der Waals surface area contributed by atoms with Crippen LogP contribution in [0, 0.1) is 17.2 Å². The number of urea groups is 1. The number of hydrogen-bond acceptors (Lipinski definition) is 9. The van der Waals surface area contributed by atoms with Gasteiger partial charge in [-0.3, -0.25) is 24.7 Å². The van der Waals surface area contributed by atoms with Crippen LogP contribution < -0.4 is 25.2 Å². The minimum absolute atomic E-state index is 0.0343. The van der Waals surface area contributed by atoms with Crippen molar-refractivity contribution in [2.24, 2.45) is 5.92 Å². The molecule has 2 saturated heterocycles. The molecule has 55 heavy (non-hydrogen) atoms. The highest BCUT2D eigenvalue weighted by Crippen LogP contribution is 2.37. The fraction of sp³-hybridized carbons (Fsp3) is 0.463. The molecule has 14 heteroatoms. The van der Waals surface area contributed by atoms with Crippen molar-refractivity contribution >= 4 is 51.9 Å². The van der Waals surface area contributed by atoms with Gasteiger partial charge in [0, 0.05) is 75.4 Å². The van der Waals surface area contributed by atoms with E-state index in [1.54, 1.807) is 29.2 Å². The number of benzene rings is 2. The van der Waals surface area contributed by atoms with Gasteiger partial charge in [-0.25, -0.2) is 4.79 Å². The van der Waals surface area contributed by atoms with Crippen LogP contribution >= 0.6 is 11.6 Å². The molecule has 286 valence electrons. The molecule has 0 atom stereocenters. The summed E-state index contributed by atoms with van der Waals surface area (Å²) in [7, 11) is 0. The number of hydrogen-bond donors (Lipinski definition) is 2. The third-order valence-electron chi connectivity index (χ3n) is 11.8. The third-order valence-corrected chi connectivity index (χ3v) is 12.1. The monoisotopic (exact) mass is 763 g/mol. The van der Waals surface area contributed by atoms with Gasteiger partial charge < -0.3 is 19.5 Å². The largest absolute Gasteiger partial charge is 0.490 e. The maximum atomic E-state index is 13.0. The fourth-order valence-electron chi connectivity index (χ4n) is 8.70. The molecule has 2 N–H and O–H groups in total. The molecule has 2 saturated carbocycles. The Kier molecular flexibility index (Phi) is 10.9. The van der Waals surface area contributed by atoms with Crippen molar-refractivity contribution in [2.75, 3.05) is 49.1 Å². The van der Waals surface area contributed by atoms with Crippen LogP contribution in [0.15, 0.2) is 60.8 Å². The first-order valence-corrected chi connectivity index (χ1v) is 19.9. The Morgan fingerprint density at radius 3 is 2.44 bits per heavy atom. The summed E-state index contributed by atoms with van der Waals surface area (Å²) < 4.78 is 8.47. The van der Waals surface area contributed by atoms with Gasteiger partial charge in [0.05, 0.1) is 27.9 Å². The first-order valence-electron chi connectivity index (χ1n) is 19.5. The number of imide groups is 1. The minimum Gasteiger partial charge on any atom is -0.490 e. The van der Waals surface area contributed by atoms with E-state index in [4.69, 9.17) is 21.6 Å². The lowest BCUT2D eigenvalue weighted by Crippen LogP contribution is -2.49. The number of halogens is 1. The third kappa shape index (κ3) is 8.26. The highest BCUT2D eigenvalue weighted by atomic mass is 35.5. The number of nitrogens with one attached hydrogen (secondary N) is 2. The molecule has 4 aliphatic rings. The highest BCUT2D eigenvalue weighted by Gasteiger charge is 2.30. The zero-order valence-corrected chi connectivity index (χ0v) is 31.6. The van der Waals surface area contributed by atoms with E-state index in [0.29, 0.717) is 47.0 Å². The van der Waals surface area contributed by atoms with Gasteiger partial charge in [-0.2, -0.15) is 5.26 Å². The number of ether oxygens (including phenoxy) is 1. The Morgan fingerprint density at radius 1 is 0.927 bits per heavy atom. The lowest BCUT2D eigenvalue weighted by molar-refractivity contribution is -0.120. The zero-order valence-electron chi connectivity index (χ0n) is 30.8. The molecule has 2 aliphatic carbocycles. The average molecular weight is 764 g/mol. The molecule has 4 amide bonds. The average Bonchev–Trinajstić information content (AvgIpc) is 3.64. The van der Waals surface area contributed by atoms with E-state index >= 15 is 0 Å². The van der Waals surface area contributed by atoms with Crippen LogP contribution in [-0.2, 0) is 4.79 Å². The molecule has 0 radical (unpaired) electrons. The van der Waals surface area contributed by atoms with E-state index in [-0.39, 0.29) is 30.0 Å². The maximum absolute atomic E-state index is 13.0. The first kappa shape index (κ1) is 36.8. The molecule has 4 heterocycles. The summed E-state index contributed by atoms with van der Waals surface area (Å²) in [6.45, 7) is 5.17. The van der Waals surface area contributed by atoms with Crippen molar-refractivity contribution in [3.63, 3.8) is 0 Å². The number of carbonyl (C=O) groups is 3. The number of anilines is 2. The number of rotatable bonds is 9. The Hall–Kier alpha value is -5.19. The first-order chi connectivity index (χ1) is 26.8. The second-order valence-corrected chi connectivity index (χ2v) is 15.7. The van der Waals surface area contributed by atoms with Crippen molar-refractivity contribution in [1.29, 1.82) is 5.26 Å². The Labute approximate surface area is 325 Å². The molecule has 4 aromatic rings. The number of nitrogens with zero attached hydrogens (tertiary/aromatic N) is 7. The molecule has 8 rings (SSSR count). The second-order valence-electron chi connectivity index (χ2n) is 15.2. The Bertz CT molecular complexity index is 2080. The van der Waals surface area contributed by atoms with E-state index in [2.05, 4.69) is 59.6 Å². The van der Waals surface area contributed by atoms with Crippen molar-refractivity contribution in [1.82, 2.24) is 30.3 Å². The van der Waals surface area contributed by atoms with Crippen molar-refractivity contribution in [2.45, 2.75) is 76.0 Å². The van der Waals surface area contributed by atoms with Gasteiger partial charge in [0.25, 0.3) is 5.91 Å². The summed E-state index contributed by atoms with van der Waals surface area (Å²) in [6, 6.07) is 19.2. The van der Waals surface area contributed by atoms with Crippen LogP contribution in [0.1, 0.15) is 79.9 Å². The van der Waals surface area contributed by atoms with E-state index in [1.165, 1.54) is 12.8 Å². The molecule has 2 aliphatic heterocycles. The molecule has 0 spiro atoms. The molecular weight excluding hydrogens is 718 g/mol. The molecule has 0 bridgehead atoms. The van der Waals surface area contributed by atoms with Gasteiger partial charge in [-0.15, -0.1) is 10.2 Å². The number of fused-ring (bicyclic) bond motifs is 1. The topological polar surface area (TPSA) is 149 Å². The Morgan fingerprint density at radius 2 is 1.73 bits per heavy atom. The molecule has 2 aromatic heterocycles. The van der Waals surface area contributed by atoms with Gasteiger partial charge in [0.2, 0.25) is 5.91 Å². The van der Waals surface area contributed by atoms with Crippen LogP contribution in [0.25, 0.3) is 10.9 Å². The van der Waals surface area contributed by atoms with Gasteiger partial charge in [-0.1, -0.05) is 17.7 Å². The van der Waals surface area contributed by atoms with Gasteiger partial charge in [-0.05, 0) is 99.7 Å². The summed E-state index contributed by atoms with van der Waals surface area (Å²) >= 11 is 6.15. The van der Waals surface area contributed by atoms with Crippen LogP contribution in [-0.4, -0.2) is 88.9 Å². The van der Waals surface area contributed by atoms with Crippen molar-refractivity contribution in [3.8, 4) is 11.8 Å². The van der Waals surface area contributed by atoms with Gasteiger partial charge in [0.1, 0.15) is 11.8 Å². The molecule has 13 nitrogen and oxygen atoms in total. The van der Waals surface area contributed by atoms with E-state index in [1.807, 2.05) is 18.2 Å². The highest BCUT2D eigenvalue weighted by molar-refractivity contribution is 6.31. The summed E-state index contributed by atoms with van der Waals surface area (Å²) in [5, 5.41) is 24.8. The predicted octanol–water partition coefficient (Wildman–Crippen LogP) is 6.08. The summed E-state index contributed by atoms with van der Waals surface area (Å²) in [4.78, 5) is 43.7. The lowest BCUT2D eigenvalue weighted by atomic mass is 9.85. The minimum atomic E-state index is -0.352. The summed E-state index contributed by atoms with van der Waals surface area (Å²) in [6.07, 6.45) is 10.3. The van der Waals surface area contributed by atoms with Crippen LogP contribution in [0.3, 0.4) is 0 Å². The van der Waals surface area contributed by atoms with Crippen LogP contribution in [0.2, 0.25) is 5.02 Å². The number of nitriles is 1. The summed E-state index contributed by atoms with van der Waals surface area (Å²) in [5.74, 6) is 1.69.